The number of benzene rings is 2. The van der Waals surface area contributed by atoms with E-state index in [0.717, 1.165) is 10.0 Å². The summed E-state index contributed by atoms with van der Waals surface area (Å²) in [5, 5.41) is 19.3. The molecule has 0 saturated heterocycles. The van der Waals surface area contributed by atoms with Gasteiger partial charge in [0, 0.05) is 4.47 Å². The maximum Gasteiger partial charge on any atom is 0.261 e. The van der Waals surface area contributed by atoms with E-state index in [1.54, 1.807) is 36.4 Å². The highest BCUT2D eigenvalue weighted by atomic mass is 79.9. The van der Waals surface area contributed by atoms with Crippen molar-refractivity contribution in [3.8, 4) is 11.8 Å². The van der Waals surface area contributed by atoms with Crippen LogP contribution in [0.2, 0.25) is 0 Å². The van der Waals surface area contributed by atoms with E-state index in [1.807, 2.05) is 6.07 Å². The van der Waals surface area contributed by atoms with Crippen LogP contribution >= 0.6 is 15.9 Å². The standard InChI is InChI=1S/C19H16BrN3O3/c20-14-3-6-18-17(9-14)19(25)23(12-22-18)10-15(24)11-26-16-4-1-13(2-5-16)7-8-21/h1-6,9,12,15,24H,7,10-11H2/t15-/m1/s1. The summed E-state index contributed by atoms with van der Waals surface area (Å²) in [6, 6.07) is 14.5. The summed E-state index contributed by atoms with van der Waals surface area (Å²) >= 11 is 3.34. The summed E-state index contributed by atoms with van der Waals surface area (Å²) in [5.41, 5.74) is 1.30. The van der Waals surface area contributed by atoms with E-state index in [-0.39, 0.29) is 18.7 Å². The van der Waals surface area contributed by atoms with Gasteiger partial charge in [0.25, 0.3) is 5.56 Å². The normalized spacial score (nSPS) is 11.9. The molecule has 1 heterocycles. The molecule has 0 spiro atoms. The summed E-state index contributed by atoms with van der Waals surface area (Å²) in [4.78, 5) is 16.8. The van der Waals surface area contributed by atoms with Crippen LogP contribution in [0.3, 0.4) is 0 Å². The highest BCUT2D eigenvalue weighted by Crippen LogP contribution is 2.15. The first-order valence-electron chi connectivity index (χ1n) is 7.98. The molecule has 0 aliphatic carbocycles. The number of aliphatic hydroxyl groups excluding tert-OH is 1. The Labute approximate surface area is 158 Å². The minimum Gasteiger partial charge on any atom is -0.491 e. The van der Waals surface area contributed by atoms with Crippen molar-refractivity contribution < 1.29 is 9.84 Å². The van der Waals surface area contributed by atoms with Crippen LogP contribution < -0.4 is 10.3 Å². The quantitative estimate of drug-likeness (QED) is 0.670. The number of fused-ring (bicyclic) bond motifs is 1. The Morgan fingerprint density at radius 3 is 2.77 bits per heavy atom. The van der Waals surface area contributed by atoms with Gasteiger partial charge in [-0.1, -0.05) is 28.1 Å². The Morgan fingerprint density at radius 1 is 1.27 bits per heavy atom. The number of aromatic nitrogens is 2. The molecule has 0 aliphatic heterocycles. The number of ether oxygens (including phenoxy) is 1. The Morgan fingerprint density at radius 2 is 2.04 bits per heavy atom. The summed E-state index contributed by atoms with van der Waals surface area (Å²) < 4.78 is 7.71. The molecule has 1 atom stereocenters. The lowest BCUT2D eigenvalue weighted by Crippen LogP contribution is -2.30. The van der Waals surface area contributed by atoms with Crippen molar-refractivity contribution in [3.63, 3.8) is 0 Å². The molecular formula is C19H16BrN3O3. The van der Waals surface area contributed by atoms with E-state index in [1.165, 1.54) is 10.9 Å². The molecule has 0 saturated carbocycles. The van der Waals surface area contributed by atoms with Crippen LogP contribution in [0.15, 0.2) is 58.1 Å². The van der Waals surface area contributed by atoms with Crippen molar-refractivity contribution in [1.82, 2.24) is 9.55 Å². The predicted molar refractivity (Wildman–Crippen MR) is 101 cm³/mol. The zero-order chi connectivity index (χ0) is 18.5. The molecule has 3 aromatic rings. The van der Waals surface area contributed by atoms with Crippen LogP contribution in [0.1, 0.15) is 5.56 Å². The molecule has 3 rings (SSSR count). The first-order valence-corrected chi connectivity index (χ1v) is 8.77. The molecule has 0 unspecified atom stereocenters. The fraction of sp³-hybridized carbons (Fsp3) is 0.211. The second kappa shape index (κ2) is 8.13. The zero-order valence-electron chi connectivity index (χ0n) is 13.8. The SMILES string of the molecule is N#CCc1ccc(OC[C@H](O)Cn2cnc3ccc(Br)cc3c2=O)cc1. The predicted octanol–water partition coefficient (Wildman–Crippen LogP) is 2.66. The van der Waals surface area contributed by atoms with E-state index in [2.05, 4.69) is 27.0 Å². The first kappa shape index (κ1) is 18.1. The molecule has 132 valence electrons. The Hall–Kier alpha value is -2.69. The van der Waals surface area contributed by atoms with Gasteiger partial charge in [-0.3, -0.25) is 9.36 Å². The molecule has 0 aliphatic rings. The van der Waals surface area contributed by atoms with Gasteiger partial charge in [0.15, 0.2) is 0 Å². The van der Waals surface area contributed by atoms with Crippen molar-refractivity contribution >= 4 is 26.8 Å². The lowest BCUT2D eigenvalue weighted by Gasteiger charge is -2.14. The molecule has 6 nitrogen and oxygen atoms in total. The number of rotatable bonds is 6. The van der Waals surface area contributed by atoms with Gasteiger partial charge in [0.2, 0.25) is 0 Å². The van der Waals surface area contributed by atoms with E-state index in [9.17, 15) is 9.90 Å². The average molecular weight is 414 g/mol. The number of hydrogen-bond donors (Lipinski definition) is 1. The summed E-state index contributed by atoms with van der Waals surface area (Å²) in [5.74, 6) is 0.596. The van der Waals surface area contributed by atoms with Gasteiger partial charge < -0.3 is 9.84 Å². The molecule has 2 aromatic carbocycles. The molecule has 0 bridgehead atoms. The van der Waals surface area contributed by atoms with Gasteiger partial charge in [-0.15, -0.1) is 0 Å². The molecule has 1 aromatic heterocycles. The largest absolute Gasteiger partial charge is 0.491 e. The van der Waals surface area contributed by atoms with Gasteiger partial charge in [-0.2, -0.15) is 5.26 Å². The third-order valence-corrected chi connectivity index (χ3v) is 4.34. The van der Waals surface area contributed by atoms with Crippen molar-refractivity contribution in [1.29, 1.82) is 5.26 Å². The molecule has 1 N–H and O–H groups in total. The average Bonchev–Trinajstić information content (AvgIpc) is 2.64. The first-order chi connectivity index (χ1) is 12.6. The monoisotopic (exact) mass is 413 g/mol. The Balaban J connectivity index is 1.65. The fourth-order valence-corrected chi connectivity index (χ4v) is 2.89. The molecular weight excluding hydrogens is 398 g/mol. The molecule has 7 heteroatoms. The van der Waals surface area contributed by atoms with Crippen LogP contribution in [0.25, 0.3) is 10.9 Å². The smallest absolute Gasteiger partial charge is 0.261 e. The Kier molecular flexibility index (Phi) is 5.66. The van der Waals surface area contributed by atoms with Crippen molar-refractivity contribution in [2.45, 2.75) is 19.1 Å². The maximum absolute atomic E-state index is 12.5. The summed E-state index contributed by atoms with van der Waals surface area (Å²) in [6.07, 6.45) is 0.910. The van der Waals surface area contributed by atoms with Crippen molar-refractivity contribution in [2.75, 3.05) is 6.61 Å². The van der Waals surface area contributed by atoms with E-state index in [4.69, 9.17) is 10.00 Å². The summed E-state index contributed by atoms with van der Waals surface area (Å²) in [7, 11) is 0. The number of hydrogen-bond acceptors (Lipinski definition) is 5. The minimum absolute atomic E-state index is 0.0422. The lowest BCUT2D eigenvalue weighted by molar-refractivity contribution is 0.0915. The van der Waals surface area contributed by atoms with Gasteiger partial charge in [0.05, 0.1) is 36.3 Å². The fourth-order valence-electron chi connectivity index (χ4n) is 2.53. The van der Waals surface area contributed by atoms with Gasteiger partial charge in [-0.25, -0.2) is 4.98 Å². The number of nitriles is 1. The second-order valence-electron chi connectivity index (χ2n) is 5.81. The lowest BCUT2D eigenvalue weighted by atomic mass is 10.2. The molecule has 26 heavy (non-hydrogen) atoms. The molecule has 0 radical (unpaired) electrons. The van der Waals surface area contributed by atoms with E-state index >= 15 is 0 Å². The van der Waals surface area contributed by atoms with Crippen LogP contribution in [-0.4, -0.2) is 27.4 Å². The van der Waals surface area contributed by atoms with Gasteiger partial charge in [0.1, 0.15) is 18.5 Å². The third-order valence-electron chi connectivity index (χ3n) is 3.84. The maximum atomic E-state index is 12.5. The second-order valence-corrected chi connectivity index (χ2v) is 6.72. The van der Waals surface area contributed by atoms with Crippen LogP contribution in [0.4, 0.5) is 0 Å². The highest BCUT2D eigenvalue weighted by molar-refractivity contribution is 9.10. The van der Waals surface area contributed by atoms with Crippen LogP contribution in [0, 0.1) is 11.3 Å². The van der Waals surface area contributed by atoms with E-state index in [0.29, 0.717) is 23.1 Å². The topological polar surface area (TPSA) is 88.1 Å². The highest BCUT2D eigenvalue weighted by Gasteiger charge is 2.10. The van der Waals surface area contributed by atoms with Crippen LogP contribution in [0.5, 0.6) is 5.75 Å². The molecule has 0 fully saturated rings. The van der Waals surface area contributed by atoms with Crippen molar-refractivity contribution in [3.05, 3.63) is 69.2 Å². The van der Waals surface area contributed by atoms with E-state index < -0.39 is 6.10 Å². The number of aliphatic hydroxyl groups is 1. The van der Waals surface area contributed by atoms with Crippen LogP contribution in [-0.2, 0) is 13.0 Å². The summed E-state index contributed by atoms with van der Waals surface area (Å²) in [6.45, 7) is 0.126. The third kappa shape index (κ3) is 4.28. The number of nitrogens with zero attached hydrogens (tertiary/aromatic N) is 3. The van der Waals surface area contributed by atoms with Crippen molar-refractivity contribution in [2.24, 2.45) is 0 Å². The zero-order valence-corrected chi connectivity index (χ0v) is 15.4. The minimum atomic E-state index is -0.863. The molecule has 0 amide bonds. The van der Waals surface area contributed by atoms with Gasteiger partial charge >= 0.3 is 0 Å². The van der Waals surface area contributed by atoms with Gasteiger partial charge in [-0.05, 0) is 35.9 Å². The number of halogens is 1. The Bertz CT molecular complexity index is 1010.